The Bertz CT molecular complexity index is 6470. The Hall–Kier alpha value is -15.3. The van der Waals surface area contributed by atoms with Crippen molar-refractivity contribution in [2.75, 3.05) is 98.8 Å². The van der Waals surface area contributed by atoms with E-state index < -0.39 is 0 Å². The topological polar surface area (TPSA) is 478 Å². The Morgan fingerprint density at radius 2 is 0.731 bits per heavy atom. The Labute approximate surface area is 771 Å². The van der Waals surface area contributed by atoms with E-state index in [0.29, 0.717) is 177 Å². The number of hydrogen-bond acceptors (Lipinski definition) is 28. The van der Waals surface area contributed by atoms with E-state index in [9.17, 15) is 28.8 Å². The lowest BCUT2D eigenvalue weighted by Crippen LogP contribution is -2.50. The molecule has 690 valence electrons. The highest BCUT2D eigenvalue weighted by atomic mass is 16.5. The van der Waals surface area contributed by atoms with Crippen molar-refractivity contribution in [3.8, 4) is 50.8 Å². The van der Waals surface area contributed by atoms with Gasteiger partial charge in [-0.15, -0.1) is 0 Å². The molecule has 3 fully saturated rings. The van der Waals surface area contributed by atoms with Crippen molar-refractivity contribution in [1.82, 2.24) is 100 Å². The second-order valence-corrected chi connectivity index (χ2v) is 36.3. The van der Waals surface area contributed by atoms with Gasteiger partial charge in [0.05, 0.1) is 82.8 Å². The van der Waals surface area contributed by atoms with Gasteiger partial charge in [-0.2, -0.15) is 15.3 Å². The summed E-state index contributed by atoms with van der Waals surface area (Å²) in [7, 11) is 0. The zero-order chi connectivity index (χ0) is 94.3. The lowest BCUT2D eigenvalue weighted by molar-refractivity contribution is -0.116. The van der Waals surface area contributed by atoms with Crippen LogP contribution in [-0.4, -0.2) is 203 Å². The van der Waals surface area contributed by atoms with Crippen molar-refractivity contribution in [2.24, 2.45) is 0 Å². The van der Waals surface area contributed by atoms with E-state index >= 15 is 0 Å². The lowest BCUT2D eigenvalue weighted by Gasteiger charge is -2.37. The van der Waals surface area contributed by atoms with Gasteiger partial charge in [-0.3, -0.25) is 39.1 Å². The SMILES string of the molecule is CC(C)(C)c1cc(CC(=O)Nc2ccc(-n3nc(-c4ccc(C(=O)NC5CCOCC5)cc4)c4c(N)ncnc43)cc2)no1.CC(C)(C)c1cc(CC(=O)Nc2ccc(-n3nc(-c4ccc(C(=O)NN5CCOCC5)cc4)c4c(N)ncnc43)cc2)no1.CC(C)N1CCN(C(=O)c2ccc(-c3nn(-c4ccc(NC(=O)Cc5cc(C(C)(C)C)on5)cc4)c4ncnc(N)c34)cc2)CC1. The van der Waals surface area contributed by atoms with E-state index in [1.54, 1.807) is 74.7 Å². The molecule has 6 aromatic carbocycles. The van der Waals surface area contributed by atoms with Crippen LogP contribution in [-0.2, 0) is 59.4 Å². The second-order valence-electron chi connectivity index (χ2n) is 36.3. The number of hydrazine groups is 1. The monoisotopic (exact) mass is 1810 g/mol. The van der Waals surface area contributed by atoms with E-state index in [4.69, 9.17) is 55.5 Å². The van der Waals surface area contributed by atoms with Gasteiger partial charge in [-0.1, -0.05) is 114 Å². The van der Waals surface area contributed by atoms with E-state index in [1.807, 2.05) is 175 Å². The van der Waals surface area contributed by atoms with Crippen LogP contribution in [0.25, 0.3) is 83.9 Å². The number of nitrogen functional groups attached to an aromatic ring is 3. The van der Waals surface area contributed by atoms with Crippen LogP contribution in [0.15, 0.2) is 196 Å². The number of hydrogen-bond donors (Lipinski definition) is 8. The first kappa shape index (κ1) is 92.0. The number of benzene rings is 6. The molecule has 0 spiro atoms. The third-order valence-corrected chi connectivity index (χ3v) is 23.0. The van der Waals surface area contributed by atoms with Crippen LogP contribution in [0.4, 0.5) is 34.5 Å². The fourth-order valence-corrected chi connectivity index (χ4v) is 15.4. The molecule has 3 aliphatic heterocycles. The maximum absolute atomic E-state index is 13.2. The number of aromatic nitrogens is 15. The molecule has 12 heterocycles. The summed E-state index contributed by atoms with van der Waals surface area (Å²) >= 11 is 0. The Morgan fingerprint density at radius 1 is 0.403 bits per heavy atom. The quantitative estimate of drug-likeness (QED) is 0.0331. The summed E-state index contributed by atoms with van der Waals surface area (Å²) < 4.78 is 31.9. The summed E-state index contributed by atoms with van der Waals surface area (Å²) in [5, 5.41) is 42.1. The standard InChI is InChI=1S/C34H39N9O3.C32H34N8O4.C31H33N9O4/c1-21(2)41-14-16-42(17-15-41)33(45)23-8-6-22(7-9-23)30-29-31(35)36-20-37-32(29)43(39-30)26-12-10-24(11-13-26)38-28(44)19-25-18-27(46-40-25)34(3,4)5;1-32(2,3)25-16-23(39-44-25)17-26(41)36-21-8-10-24(11-9-21)40-30-27(29(33)34-18-35-30)28(38-40)19-4-6-20(7-5-19)31(42)37-22-12-14-43-15-13-22;1-31(2,3)24-16-22(38-44-24)17-25(41)35-21-8-10-23(11-9-21)40-29-26(28(32)33-18-34-29)27(36-40)19-4-6-20(7-5-19)30(42)37-39-12-14-43-15-13-39/h6-13,18,20-21H,14-17,19H2,1-5H3,(H,38,44)(H2,35,36,37);4-11,16,18,22H,12-15,17H2,1-3H3,(H,36,41)(H,37,42)(H2,33,34,35);4-11,16,18H,12-15,17H2,1-3H3,(H,35,41)(H,37,42)(H2,32,33,34). The summed E-state index contributed by atoms with van der Waals surface area (Å²) in [6.07, 6.45) is 6.10. The van der Waals surface area contributed by atoms with Gasteiger partial charge in [0.25, 0.3) is 17.7 Å². The minimum atomic E-state index is -0.207. The molecule has 0 radical (unpaired) electrons. The van der Waals surface area contributed by atoms with Crippen LogP contribution in [0.3, 0.4) is 0 Å². The number of ether oxygens (including phenoxy) is 2. The summed E-state index contributed by atoms with van der Waals surface area (Å²) in [4.78, 5) is 107. The van der Waals surface area contributed by atoms with Gasteiger partial charge < -0.3 is 66.4 Å². The number of fused-ring (bicyclic) bond motifs is 3. The molecule has 9 aromatic heterocycles. The number of carbonyl (C=O) groups excluding carboxylic acids is 6. The van der Waals surface area contributed by atoms with Gasteiger partial charge in [0.2, 0.25) is 17.7 Å². The Kier molecular flexibility index (Phi) is 27.0. The zero-order valence-corrected chi connectivity index (χ0v) is 76.4. The number of rotatable bonds is 21. The molecule has 0 atom stereocenters. The van der Waals surface area contributed by atoms with E-state index in [0.717, 1.165) is 71.3 Å². The number of amides is 6. The van der Waals surface area contributed by atoms with Gasteiger partial charge in [0.1, 0.15) is 70.8 Å². The first-order chi connectivity index (χ1) is 64.3. The van der Waals surface area contributed by atoms with Crippen molar-refractivity contribution in [3.63, 3.8) is 0 Å². The summed E-state index contributed by atoms with van der Waals surface area (Å²) in [6, 6.07) is 49.6. The summed E-state index contributed by atoms with van der Waals surface area (Å²) in [6.45, 7) is 29.5. The van der Waals surface area contributed by atoms with E-state index in [-0.39, 0.29) is 82.8 Å². The second kappa shape index (κ2) is 39.4. The summed E-state index contributed by atoms with van der Waals surface area (Å²) in [5.74, 6) is 2.17. The number of carbonyl (C=O) groups is 6. The molecule has 15 aromatic rings. The minimum absolute atomic E-state index is 0.0241. The van der Waals surface area contributed by atoms with Gasteiger partial charge in [-0.05, 0) is 136 Å². The van der Waals surface area contributed by atoms with Crippen molar-refractivity contribution in [3.05, 3.63) is 234 Å². The number of nitrogens with two attached hydrogens (primary N) is 3. The van der Waals surface area contributed by atoms with Crippen LogP contribution < -0.4 is 43.9 Å². The van der Waals surface area contributed by atoms with Crippen molar-refractivity contribution in [2.45, 2.75) is 137 Å². The number of piperazine rings is 1. The predicted molar refractivity (Wildman–Crippen MR) is 506 cm³/mol. The van der Waals surface area contributed by atoms with Crippen molar-refractivity contribution >= 4 is 103 Å². The molecular formula is C97H106N26O11. The molecule has 37 heteroatoms. The van der Waals surface area contributed by atoms with E-state index in [1.165, 1.54) is 19.0 Å². The molecule has 0 saturated carbocycles. The maximum atomic E-state index is 13.2. The molecular weight excluding hydrogens is 1710 g/mol. The van der Waals surface area contributed by atoms with Gasteiger partial charge in [0.15, 0.2) is 16.9 Å². The minimum Gasteiger partial charge on any atom is -0.383 e. The van der Waals surface area contributed by atoms with Crippen LogP contribution in [0, 0.1) is 0 Å². The van der Waals surface area contributed by atoms with Crippen molar-refractivity contribution in [1.29, 1.82) is 0 Å². The fourth-order valence-electron chi connectivity index (χ4n) is 15.4. The van der Waals surface area contributed by atoms with E-state index in [2.05, 4.69) is 90.8 Å². The predicted octanol–water partition coefficient (Wildman–Crippen LogP) is 12.6. The van der Waals surface area contributed by atoms with Gasteiger partial charge in [-0.25, -0.2) is 49.0 Å². The highest BCUT2D eigenvalue weighted by Gasteiger charge is 2.30. The summed E-state index contributed by atoms with van der Waals surface area (Å²) in [5.41, 5.74) is 34.4. The first-order valence-corrected chi connectivity index (χ1v) is 44.2. The zero-order valence-electron chi connectivity index (χ0n) is 76.4. The first-order valence-electron chi connectivity index (χ1n) is 44.2. The van der Waals surface area contributed by atoms with Crippen molar-refractivity contribution < 1.29 is 51.8 Å². The molecule has 134 heavy (non-hydrogen) atoms. The van der Waals surface area contributed by atoms with Gasteiger partial charge in [0, 0.05) is 149 Å². The molecule has 0 aliphatic carbocycles. The third kappa shape index (κ3) is 21.5. The number of anilines is 6. The van der Waals surface area contributed by atoms with Crippen LogP contribution in [0.2, 0.25) is 0 Å². The lowest BCUT2D eigenvalue weighted by atomic mass is 9.93. The Morgan fingerprint density at radius 3 is 1.06 bits per heavy atom. The molecule has 37 nitrogen and oxygen atoms in total. The number of nitrogens with one attached hydrogen (secondary N) is 5. The Balaban J connectivity index is 0.000000146. The highest BCUT2D eigenvalue weighted by Crippen LogP contribution is 2.38. The van der Waals surface area contributed by atoms with Crippen LogP contribution in [0.1, 0.15) is 154 Å². The smallest absolute Gasteiger partial charge is 0.265 e. The largest absolute Gasteiger partial charge is 0.383 e. The highest BCUT2D eigenvalue weighted by molar-refractivity contribution is 6.04. The average molecular weight is 1810 g/mol. The number of nitrogens with zero attached hydrogens (tertiary/aromatic N) is 18. The maximum Gasteiger partial charge on any atom is 0.265 e. The molecule has 0 bridgehead atoms. The normalized spacial score (nSPS) is 14.1. The molecule has 11 N–H and O–H groups in total. The third-order valence-electron chi connectivity index (χ3n) is 23.0. The fraction of sp³-hybridized carbons (Fsp3) is 0.320. The molecule has 18 rings (SSSR count). The molecule has 0 unspecified atom stereocenters. The average Bonchev–Trinajstić information content (AvgIpc) is 1.62. The molecule has 3 aliphatic rings. The van der Waals surface area contributed by atoms with Crippen LogP contribution in [0.5, 0.6) is 0 Å². The van der Waals surface area contributed by atoms with Crippen LogP contribution >= 0.6 is 0 Å². The molecule has 6 amide bonds. The number of morpholine rings is 1. The molecule has 3 saturated heterocycles. The van der Waals surface area contributed by atoms with Gasteiger partial charge >= 0.3 is 0 Å².